The van der Waals surface area contributed by atoms with E-state index in [0.29, 0.717) is 21.8 Å². The number of ether oxygens (including phenoxy) is 1. The van der Waals surface area contributed by atoms with Crippen molar-refractivity contribution >= 4 is 69.3 Å². The molecule has 1 saturated heterocycles. The summed E-state index contributed by atoms with van der Waals surface area (Å²) in [5.41, 5.74) is 1.65. The van der Waals surface area contributed by atoms with Crippen LogP contribution in [0.15, 0.2) is 189 Å². The summed E-state index contributed by atoms with van der Waals surface area (Å²) in [6, 6.07) is 47.3. The van der Waals surface area contributed by atoms with Gasteiger partial charge in [-0.15, -0.1) is 35.7 Å². The van der Waals surface area contributed by atoms with Gasteiger partial charge in [-0.1, -0.05) is 157 Å². The molecule has 0 bridgehead atoms. The number of allylic oxidation sites excluding steroid dienone is 1. The molecule has 0 aliphatic carbocycles. The summed E-state index contributed by atoms with van der Waals surface area (Å²) in [6.07, 6.45) is 0.639. The number of anilines is 1. The molecule has 5 aromatic carbocycles. The second-order valence-electron chi connectivity index (χ2n) is 15.7. The fraction of sp³-hybridized carbons (Fsp3) is 0.137. The Morgan fingerprint density at radius 2 is 1.36 bits per heavy atom. The number of thioether (sulfide) groups is 1. The number of thiol groups is 1. The first-order valence-corrected chi connectivity index (χ1v) is 23.8. The number of hydrogen-bond donors (Lipinski definition) is 4. The van der Waals surface area contributed by atoms with Crippen molar-refractivity contribution in [1.29, 1.82) is 0 Å². The Morgan fingerprint density at radius 1 is 0.826 bits per heavy atom. The second-order valence-corrected chi connectivity index (χ2v) is 18.2. The van der Waals surface area contributed by atoms with Crippen LogP contribution in [0.4, 0.5) is 5.13 Å². The molecule has 0 spiro atoms. The molecule has 2 atom stereocenters. The number of nitrogens with zero attached hydrogens (tertiary/aromatic N) is 5. The number of benzene rings is 5. The quantitative estimate of drug-likeness (QED) is 0.0164. The van der Waals surface area contributed by atoms with Crippen molar-refractivity contribution < 1.29 is 24.0 Å². The van der Waals surface area contributed by atoms with Crippen LogP contribution in [0.1, 0.15) is 45.4 Å². The smallest absolute Gasteiger partial charge is 0.356 e. The number of nitrogens with one attached hydrogen (secondary N) is 3. The van der Waals surface area contributed by atoms with E-state index in [1.54, 1.807) is 5.38 Å². The topological polar surface area (TPSA) is 190 Å². The van der Waals surface area contributed by atoms with Crippen LogP contribution < -0.4 is 21.8 Å². The zero-order valence-corrected chi connectivity index (χ0v) is 39.4. The maximum absolute atomic E-state index is 14.7. The van der Waals surface area contributed by atoms with Gasteiger partial charge in [0.05, 0.1) is 0 Å². The predicted octanol–water partition coefficient (Wildman–Crippen LogP) is 6.64. The lowest BCUT2D eigenvalue weighted by Gasteiger charge is -2.49. The summed E-state index contributed by atoms with van der Waals surface area (Å²) < 4.78 is 7.53. The van der Waals surface area contributed by atoms with Gasteiger partial charge >= 0.3 is 17.1 Å². The average Bonchev–Trinajstić information content (AvgIpc) is 3.85. The van der Waals surface area contributed by atoms with Crippen molar-refractivity contribution in [3.63, 3.8) is 0 Å². The maximum atomic E-state index is 14.7. The van der Waals surface area contributed by atoms with Crippen LogP contribution >= 0.6 is 35.7 Å². The molecule has 15 nitrogen and oxygen atoms in total. The summed E-state index contributed by atoms with van der Waals surface area (Å²) in [7, 11) is 2.79. The van der Waals surface area contributed by atoms with Crippen LogP contribution in [-0.4, -0.2) is 72.4 Å². The van der Waals surface area contributed by atoms with E-state index in [4.69, 9.17) is 14.6 Å². The first-order valence-electron chi connectivity index (χ1n) is 21.5. The average molecular weight is 975 g/mol. The summed E-state index contributed by atoms with van der Waals surface area (Å²) >= 11 is 7.17. The molecule has 2 aromatic heterocycles. The molecular weight excluding hydrogens is 933 g/mol. The van der Waals surface area contributed by atoms with Crippen molar-refractivity contribution in [2.75, 3.05) is 18.2 Å². The van der Waals surface area contributed by atoms with Crippen molar-refractivity contribution in [3.8, 4) is 0 Å². The third-order valence-electron chi connectivity index (χ3n) is 11.5. The van der Waals surface area contributed by atoms with Crippen LogP contribution in [0, 0.1) is 0 Å². The Balaban J connectivity index is 1.02. The van der Waals surface area contributed by atoms with Gasteiger partial charge in [-0.3, -0.25) is 33.9 Å². The van der Waals surface area contributed by atoms with Crippen molar-refractivity contribution in [3.05, 3.63) is 234 Å². The summed E-state index contributed by atoms with van der Waals surface area (Å²) in [4.78, 5) is 83.0. The molecule has 2 aliphatic rings. The number of thiazole rings is 1. The summed E-state index contributed by atoms with van der Waals surface area (Å²) in [5.74, 6) is -2.01. The molecule has 4 heterocycles. The van der Waals surface area contributed by atoms with Crippen LogP contribution in [0.5, 0.6) is 0 Å². The lowest BCUT2D eigenvalue weighted by molar-refractivity contribution is -0.154. The Kier molecular flexibility index (Phi) is 13.6. The molecule has 69 heavy (non-hydrogen) atoms. The summed E-state index contributed by atoms with van der Waals surface area (Å²) in [6.45, 7) is 0. The first kappa shape index (κ1) is 46.3. The van der Waals surface area contributed by atoms with Gasteiger partial charge in [0.2, 0.25) is 0 Å². The van der Waals surface area contributed by atoms with Crippen molar-refractivity contribution in [1.82, 2.24) is 30.0 Å². The van der Waals surface area contributed by atoms with E-state index in [-0.39, 0.29) is 33.6 Å². The number of aromatic amines is 1. The minimum absolute atomic E-state index is 0.0121. The van der Waals surface area contributed by atoms with Gasteiger partial charge in [0.15, 0.2) is 22.8 Å². The number of fused-ring (bicyclic) bond motifs is 1. The molecule has 2 unspecified atom stereocenters. The highest BCUT2D eigenvalue weighted by atomic mass is 32.2. The van der Waals surface area contributed by atoms with Gasteiger partial charge in [-0.25, -0.2) is 9.78 Å². The van der Waals surface area contributed by atoms with Crippen molar-refractivity contribution in [2.45, 2.75) is 23.1 Å². The lowest BCUT2D eigenvalue weighted by atomic mass is 9.77. The molecule has 0 radical (unpaired) electrons. The number of aromatic nitrogens is 4. The summed E-state index contributed by atoms with van der Waals surface area (Å²) in [5, 5.41) is 14.4. The van der Waals surface area contributed by atoms with Crippen LogP contribution in [0.3, 0.4) is 0 Å². The minimum atomic E-state index is -1.10. The van der Waals surface area contributed by atoms with E-state index in [2.05, 4.69) is 38.5 Å². The number of rotatable bonds is 15. The number of oxime groups is 1. The first-order chi connectivity index (χ1) is 33.6. The molecule has 1 fully saturated rings. The predicted molar refractivity (Wildman–Crippen MR) is 268 cm³/mol. The second kappa shape index (κ2) is 20.2. The molecule has 9 rings (SSSR count). The van der Waals surface area contributed by atoms with Gasteiger partial charge in [-0.2, -0.15) is 4.98 Å². The van der Waals surface area contributed by atoms with E-state index in [0.717, 1.165) is 16.7 Å². The highest BCUT2D eigenvalue weighted by Gasteiger charge is 2.55. The van der Waals surface area contributed by atoms with Gasteiger partial charge in [0.25, 0.3) is 11.8 Å². The number of carbonyl (C=O) groups excluding carboxylic acids is 3. The minimum Gasteiger partial charge on any atom is -0.448 e. The SMILES string of the molecule is CON=C(C(=O)NC1C(=O)N2C(C(=O)OC(c3ccccc3)c3ccccc3)=C(C=C(S)c3nc(=O)c(=O)[nH]n3C)CSC12)c1csc(NC(c2ccccc2)(c2ccccc2)c2ccccc2)n1. The van der Waals surface area contributed by atoms with Gasteiger partial charge in [0.1, 0.15) is 35.5 Å². The van der Waals surface area contributed by atoms with E-state index in [9.17, 15) is 24.0 Å². The molecule has 346 valence electrons. The number of β-lactam (4-membered cyclic amide) rings is 1. The normalized spacial score (nSPS) is 16.1. The highest BCUT2D eigenvalue weighted by Crippen LogP contribution is 2.44. The maximum Gasteiger partial charge on any atom is 0.356 e. The Labute approximate surface area is 409 Å². The third-order valence-corrected chi connectivity index (χ3v) is 13.9. The lowest BCUT2D eigenvalue weighted by Crippen LogP contribution is -2.71. The standard InChI is InChI=1S/C51H42N8O7S3/c1-58-43(54-45(61)46(62)56-58)38(67)28-33-29-68-48-40(47(63)59(48)41(33)49(64)66-42(31-18-8-3-9-19-31)32-20-10-4-11-21-32)53-44(60)39(57-65-2)37-30-69-50(52-37)55-51(34-22-12-5-13-23-34,35-24-14-6-15-25-35)36-26-16-7-17-27-36/h3-28,30,40,42,48,67H,29H2,1-2H3,(H,52,55)(H,53,60)(H,56,62). The third kappa shape index (κ3) is 9.28. The zero-order valence-electron chi connectivity index (χ0n) is 36.9. The highest BCUT2D eigenvalue weighted by molar-refractivity contribution is 8.00. The molecule has 2 amide bonds. The van der Waals surface area contributed by atoms with E-state index in [1.165, 1.54) is 52.9 Å². The van der Waals surface area contributed by atoms with Crippen molar-refractivity contribution in [2.24, 2.45) is 12.2 Å². The van der Waals surface area contributed by atoms with E-state index < -0.39 is 52.0 Å². The van der Waals surface area contributed by atoms with Crippen LogP contribution in [-0.2, 0) is 36.5 Å². The molecule has 2 aliphatic heterocycles. The number of carbonyl (C=O) groups is 3. The zero-order chi connectivity index (χ0) is 48.1. The fourth-order valence-corrected chi connectivity index (χ4v) is 10.7. The van der Waals surface area contributed by atoms with E-state index >= 15 is 0 Å². The molecule has 18 heteroatoms. The van der Waals surface area contributed by atoms with Gasteiger partial charge < -0.3 is 20.2 Å². The van der Waals surface area contributed by atoms with Crippen LogP contribution in [0.2, 0.25) is 0 Å². The van der Waals surface area contributed by atoms with Gasteiger partial charge in [0, 0.05) is 23.1 Å². The number of esters is 1. The van der Waals surface area contributed by atoms with Gasteiger partial charge in [-0.05, 0) is 39.5 Å². The number of H-pyrrole nitrogens is 1. The Bertz CT molecular complexity index is 3100. The van der Waals surface area contributed by atoms with Crippen LogP contribution in [0.25, 0.3) is 4.91 Å². The largest absolute Gasteiger partial charge is 0.448 e. The molecular formula is C51H42N8O7S3. The monoisotopic (exact) mass is 974 g/mol. The Morgan fingerprint density at radius 3 is 1.90 bits per heavy atom. The molecule has 0 saturated carbocycles. The van der Waals surface area contributed by atoms with E-state index in [1.807, 2.05) is 152 Å². The Hall–Kier alpha value is -7.80. The molecule has 7 aromatic rings. The molecule has 3 N–H and O–H groups in total. The fourth-order valence-electron chi connectivity index (χ4n) is 8.31. The number of amides is 2. The number of aryl methyl sites for hydroxylation is 1. The number of hydrogen-bond acceptors (Lipinski definition) is 14.